The number of methoxy groups -OCH3 is 1. The largest absolute Gasteiger partial charge is 0.496 e. The third-order valence-corrected chi connectivity index (χ3v) is 3.08. The van der Waals surface area contributed by atoms with Gasteiger partial charge in [-0.3, -0.25) is 4.79 Å². The van der Waals surface area contributed by atoms with Crippen molar-refractivity contribution in [2.24, 2.45) is 5.92 Å². The second-order valence-corrected chi connectivity index (χ2v) is 5.45. The van der Waals surface area contributed by atoms with Crippen molar-refractivity contribution in [3.8, 4) is 5.75 Å². The smallest absolute Gasteiger partial charge is 0.166 e. The summed E-state index contributed by atoms with van der Waals surface area (Å²) in [6, 6.07) is 5.69. The standard InChI is InChI=1S/C13H17IO2/c1-9(2)4-6-12(15)11-8-10(14)5-7-13(11)16-3/h5,7-9H,4,6H2,1-3H3. The van der Waals surface area contributed by atoms with Crippen LogP contribution in [0, 0.1) is 9.49 Å². The van der Waals surface area contributed by atoms with Crippen LogP contribution in [0.2, 0.25) is 0 Å². The number of carbonyl (C=O) groups excluding carboxylic acids is 1. The number of rotatable bonds is 5. The second kappa shape index (κ2) is 6.23. The van der Waals surface area contributed by atoms with E-state index in [1.165, 1.54) is 0 Å². The van der Waals surface area contributed by atoms with Crippen LogP contribution in [0.3, 0.4) is 0 Å². The SMILES string of the molecule is COc1ccc(I)cc1C(=O)CCC(C)C. The van der Waals surface area contributed by atoms with E-state index < -0.39 is 0 Å². The maximum atomic E-state index is 12.0. The quantitative estimate of drug-likeness (QED) is 0.603. The van der Waals surface area contributed by atoms with Gasteiger partial charge in [0.05, 0.1) is 12.7 Å². The predicted octanol–water partition coefficient (Wildman–Crippen LogP) is 3.92. The van der Waals surface area contributed by atoms with Crippen LogP contribution < -0.4 is 4.74 Å². The predicted molar refractivity (Wildman–Crippen MR) is 74.1 cm³/mol. The van der Waals surface area contributed by atoms with Crippen LogP contribution in [0.15, 0.2) is 18.2 Å². The summed E-state index contributed by atoms with van der Waals surface area (Å²) < 4.78 is 6.27. The number of benzene rings is 1. The van der Waals surface area contributed by atoms with Gasteiger partial charge in [0.2, 0.25) is 0 Å². The van der Waals surface area contributed by atoms with Gasteiger partial charge in [-0.1, -0.05) is 13.8 Å². The van der Waals surface area contributed by atoms with Gasteiger partial charge in [-0.2, -0.15) is 0 Å². The molecule has 1 rings (SSSR count). The van der Waals surface area contributed by atoms with E-state index in [-0.39, 0.29) is 5.78 Å². The van der Waals surface area contributed by atoms with Gasteiger partial charge < -0.3 is 4.74 Å². The molecule has 0 bridgehead atoms. The van der Waals surface area contributed by atoms with Crippen molar-refractivity contribution in [1.82, 2.24) is 0 Å². The molecule has 0 aliphatic heterocycles. The van der Waals surface area contributed by atoms with Crippen LogP contribution in [0.25, 0.3) is 0 Å². The van der Waals surface area contributed by atoms with E-state index in [0.717, 1.165) is 9.99 Å². The summed E-state index contributed by atoms with van der Waals surface area (Å²) in [5.74, 6) is 1.40. The number of halogens is 1. The highest BCUT2D eigenvalue weighted by atomic mass is 127. The third kappa shape index (κ3) is 3.77. The van der Waals surface area contributed by atoms with E-state index in [4.69, 9.17) is 4.74 Å². The molecule has 0 saturated carbocycles. The molecule has 0 fully saturated rings. The first-order valence-electron chi connectivity index (χ1n) is 5.41. The van der Waals surface area contributed by atoms with Crippen LogP contribution >= 0.6 is 22.6 Å². The molecule has 2 nitrogen and oxygen atoms in total. The van der Waals surface area contributed by atoms with Crippen molar-refractivity contribution in [2.45, 2.75) is 26.7 Å². The molecule has 0 amide bonds. The van der Waals surface area contributed by atoms with Crippen molar-refractivity contribution in [2.75, 3.05) is 7.11 Å². The second-order valence-electron chi connectivity index (χ2n) is 4.20. The Bertz CT molecular complexity index is 372. The van der Waals surface area contributed by atoms with Crippen LogP contribution in [0.1, 0.15) is 37.0 Å². The van der Waals surface area contributed by atoms with Crippen molar-refractivity contribution in [3.63, 3.8) is 0 Å². The molecule has 0 aliphatic rings. The zero-order chi connectivity index (χ0) is 12.1. The van der Waals surface area contributed by atoms with Crippen molar-refractivity contribution >= 4 is 28.4 Å². The minimum Gasteiger partial charge on any atom is -0.496 e. The summed E-state index contributed by atoms with van der Waals surface area (Å²) in [6.45, 7) is 4.25. The molecular formula is C13H17IO2. The molecular weight excluding hydrogens is 315 g/mol. The Morgan fingerprint density at radius 1 is 1.44 bits per heavy atom. The molecule has 1 aromatic rings. The van der Waals surface area contributed by atoms with Crippen LogP contribution in [-0.2, 0) is 0 Å². The minimum atomic E-state index is 0.170. The summed E-state index contributed by atoms with van der Waals surface area (Å²) in [4.78, 5) is 12.0. The highest BCUT2D eigenvalue weighted by Gasteiger charge is 2.12. The normalized spacial score (nSPS) is 10.6. The highest BCUT2D eigenvalue weighted by molar-refractivity contribution is 14.1. The van der Waals surface area contributed by atoms with Gasteiger partial charge in [0.1, 0.15) is 5.75 Å². The van der Waals surface area contributed by atoms with E-state index in [1.54, 1.807) is 7.11 Å². The van der Waals surface area contributed by atoms with Crippen molar-refractivity contribution in [1.29, 1.82) is 0 Å². The van der Waals surface area contributed by atoms with Crippen LogP contribution in [0.4, 0.5) is 0 Å². The zero-order valence-electron chi connectivity index (χ0n) is 9.92. The molecule has 0 aromatic heterocycles. The summed E-state index contributed by atoms with van der Waals surface area (Å²) in [7, 11) is 1.60. The number of Topliss-reactive ketones (excluding diaryl/α,β-unsaturated/α-hetero) is 1. The van der Waals surface area contributed by atoms with E-state index >= 15 is 0 Å². The van der Waals surface area contributed by atoms with Gasteiger partial charge in [0.25, 0.3) is 0 Å². The molecule has 0 radical (unpaired) electrons. The van der Waals surface area contributed by atoms with Crippen molar-refractivity contribution < 1.29 is 9.53 Å². The highest BCUT2D eigenvalue weighted by Crippen LogP contribution is 2.23. The molecule has 88 valence electrons. The Morgan fingerprint density at radius 3 is 2.69 bits per heavy atom. The van der Waals surface area contributed by atoms with E-state index in [9.17, 15) is 4.79 Å². The maximum Gasteiger partial charge on any atom is 0.166 e. The molecule has 3 heteroatoms. The Morgan fingerprint density at radius 2 is 2.12 bits per heavy atom. The topological polar surface area (TPSA) is 26.3 Å². The summed E-state index contributed by atoms with van der Waals surface area (Å²) in [5.41, 5.74) is 0.704. The lowest BCUT2D eigenvalue weighted by Crippen LogP contribution is -2.04. The third-order valence-electron chi connectivity index (χ3n) is 2.41. The average Bonchev–Trinajstić information content (AvgIpc) is 2.25. The first kappa shape index (κ1) is 13.5. The molecule has 0 atom stereocenters. The average molecular weight is 332 g/mol. The fourth-order valence-corrected chi connectivity index (χ4v) is 1.94. The summed E-state index contributed by atoms with van der Waals surface area (Å²) in [6.07, 6.45) is 1.52. The Balaban J connectivity index is 2.84. The van der Waals surface area contributed by atoms with E-state index in [1.807, 2.05) is 18.2 Å². The first-order valence-corrected chi connectivity index (χ1v) is 6.49. The zero-order valence-corrected chi connectivity index (χ0v) is 12.1. The fourth-order valence-electron chi connectivity index (χ4n) is 1.45. The van der Waals surface area contributed by atoms with Crippen molar-refractivity contribution in [3.05, 3.63) is 27.3 Å². The van der Waals surface area contributed by atoms with Gasteiger partial charge in [-0.25, -0.2) is 0 Å². The Kier molecular flexibility index (Phi) is 5.25. The lowest BCUT2D eigenvalue weighted by atomic mass is 10.0. The fraction of sp³-hybridized carbons (Fsp3) is 0.462. The minimum absolute atomic E-state index is 0.170. The Labute approximate surface area is 111 Å². The van der Waals surface area contributed by atoms with Crippen LogP contribution in [0.5, 0.6) is 5.75 Å². The van der Waals surface area contributed by atoms with Crippen LogP contribution in [-0.4, -0.2) is 12.9 Å². The Hall–Kier alpha value is -0.580. The molecule has 0 aliphatic carbocycles. The number of ketones is 1. The number of carbonyl (C=O) groups is 1. The maximum absolute atomic E-state index is 12.0. The monoisotopic (exact) mass is 332 g/mol. The van der Waals surface area contributed by atoms with Gasteiger partial charge in [0, 0.05) is 9.99 Å². The van der Waals surface area contributed by atoms with E-state index in [2.05, 4.69) is 36.4 Å². The molecule has 0 heterocycles. The number of hydrogen-bond donors (Lipinski definition) is 0. The van der Waals surface area contributed by atoms with Gasteiger partial charge >= 0.3 is 0 Å². The molecule has 0 saturated heterocycles. The van der Waals surface area contributed by atoms with Gasteiger partial charge in [0.15, 0.2) is 5.78 Å². The van der Waals surface area contributed by atoms with E-state index in [0.29, 0.717) is 23.7 Å². The summed E-state index contributed by atoms with van der Waals surface area (Å²) >= 11 is 2.21. The molecule has 16 heavy (non-hydrogen) atoms. The molecule has 0 unspecified atom stereocenters. The number of hydrogen-bond acceptors (Lipinski definition) is 2. The lowest BCUT2D eigenvalue weighted by molar-refractivity contribution is 0.0972. The first-order chi connectivity index (χ1) is 7.54. The molecule has 0 N–H and O–H groups in total. The molecule has 0 spiro atoms. The number of ether oxygens (including phenoxy) is 1. The molecule has 1 aromatic carbocycles. The van der Waals surface area contributed by atoms with Gasteiger partial charge in [-0.05, 0) is 53.1 Å². The summed E-state index contributed by atoms with van der Waals surface area (Å²) in [5, 5.41) is 0. The van der Waals surface area contributed by atoms with Gasteiger partial charge in [-0.15, -0.1) is 0 Å². The lowest BCUT2D eigenvalue weighted by Gasteiger charge is -2.09.